The second-order valence-corrected chi connectivity index (χ2v) is 6.23. The molecule has 1 atom stereocenters. The smallest absolute Gasteiger partial charge is 0.241 e. The first-order valence-corrected chi connectivity index (χ1v) is 7.54. The molecule has 1 rings (SSSR count). The van der Waals surface area contributed by atoms with Gasteiger partial charge in [-0.25, -0.2) is 0 Å². The van der Waals surface area contributed by atoms with Crippen LogP contribution in [0, 0.1) is 5.41 Å². The van der Waals surface area contributed by atoms with Crippen LogP contribution < -0.4 is 11.1 Å². The van der Waals surface area contributed by atoms with Crippen molar-refractivity contribution in [3.8, 4) is 0 Å². The van der Waals surface area contributed by atoms with E-state index in [-0.39, 0.29) is 11.3 Å². The highest BCUT2D eigenvalue weighted by molar-refractivity contribution is 5.82. The van der Waals surface area contributed by atoms with Crippen molar-refractivity contribution in [2.24, 2.45) is 11.1 Å². The van der Waals surface area contributed by atoms with Crippen molar-refractivity contribution in [2.45, 2.75) is 52.5 Å². The van der Waals surface area contributed by atoms with Crippen molar-refractivity contribution < 1.29 is 4.79 Å². The molecule has 0 saturated carbocycles. The Labute approximate surface area is 122 Å². The van der Waals surface area contributed by atoms with Gasteiger partial charge in [0.2, 0.25) is 5.91 Å². The Morgan fingerprint density at radius 2 is 1.90 bits per heavy atom. The molecule has 3 heteroatoms. The minimum atomic E-state index is -0.581. The van der Waals surface area contributed by atoms with Gasteiger partial charge in [-0.05, 0) is 17.4 Å². The molecule has 112 valence electrons. The number of rotatable bonds is 8. The highest BCUT2D eigenvalue weighted by Crippen LogP contribution is 2.23. The molecule has 0 aliphatic carbocycles. The molecule has 1 aromatic rings. The van der Waals surface area contributed by atoms with Gasteiger partial charge in [0.15, 0.2) is 0 Å². The van der Waals surface area contributed by atoms with E-state index in [9.17, 15) is 4.79 Å². The highest BCUT2D eigenvalue weighted by Gasteiger charge is 2.21. The van der Waals surface area contributed by atoms with Crippen LogP contribution in [-0.2, 0) is 4.79 Å². The number of nitrogens with two attached hydrogens (primary N) is 1. The minimum absolute atomic E-state index is 0.0974. The molecule has 3 nitrogen and oxygen atoms in total. The predicted molar refractivity (Wildman–Crippen MR) is 84.3 cm³/mol. The molecule has 20 heavy (non-hydrogen) atoms. The molecule has 0 saturated heterocycles. The van der Waals surface area contributed by atoms with Gasteiger partial charge in [-0.1, -0.05) is 70.4 Å². The van der Waals surface area contributed by atoms with E-state index in [1.807, 2.05) is 30.3 Å². The maximum atomic E-state index is 12.1. The minimum Gasteiger partial charge on any atom is -0.354 e. The summed E-state index contributed by atoms with van der Waals surface area (Å²) in [4.78, 5) is 12.1. The number of unbranched alkanes of at least 4 members (excludes halogenated alkanes) is 2. The average molecular weight is 276 g/mol. The lowest BCUT2D eigenvalue weighted by Gasteiger charge is -2.26. The Bertz CT molecular complexity index is 401. The Morgan fingerprint density at radius 1 is 1.25 bits per heavy atom. The summed E-state index contributed by atoms with van der Waals surface area (Å²) in [5, 5.41) is 2.98. The molecule has 0 aliphatic rings. The first-order chi connectivity index (χ1) is 9.46. The molecule has 3 N–H and O–H groups in total. The molecular formula is C17H28N2O. The quantitative estimate of drug-likeness (QED) is 0.715. The van der Waals surface area contributed by atoms with E-state index in [0.717, 1.165) is 12.0 Å². The topological polar surface area (TPSA) is 55.1 Å². The molecule has 1 unspecified atom stereocenters. The lowest BCUT2D eigenvalue weighted by atomic mass is 9.86. The summed E-state index contributed by atoms with van der Waals surface area (Å²) in [6.45, 7) is 7.26. The molecule has 1 amide bonds. The van der Waals surface area contributed by atoms with Gasteiger partial charge in [-0.15, -0.1) is 0 Å². The van der Waals surface area contributed by atoms with Crippen molar-refractivity contribution in [3.63, 3.8) is 0 Å². The van der Waals surface area contributed by atoms with Crippen molar-refractivity contribution in [3.05, 3.63) is 35.9 Å². The van der Waals surface area contributed by atoms with Crippen LogP contribution in [0.3, 0.4) is 0 Å². The van der Waals surface area contributed by atoms with Crippen molar-refractivity contribution >= 4 is 5.91 Å². The molecule has 0 aromatic heterocycles. The first kappa shape index (κ1) is 16.7. The summed E-state index contributed by atoms with van der Waals surface area (Å²) < 4.78 is 0. The van der Waals surface area contributed by atoms with E-state index < -0.39 is 6.04 Å². The third kappa shape index (κ3) is 5.74. The van der Waals surface area contributed by atoms with Gasteiger partial charge in [-0.2, -0.15) is 0 Å². The Hall–Kier alpha value is -1.35. The highest BCUT2D eigenvalue weighted by atomic mass is 16.2. The van der Waals surface area contributed by atoms with Gasteiger partial charge >= 0.3 is 0 Å². The SMILES string of the molecule is CCCCCC(C)(C)CNC(=O)C(N)c1ccccc1. The van der Waals surface area contributed by atoms with E-state index in [0.29, 0.717) is 6.54 Å². The zero-order valence-electron chi connectivity index (χ0n) is 13.0. The zero-order valence-corrected chi connectivity index (χ0v) is 13.0. The van der Waals surface area contributed by atoms with E-state index in [4.69, 9.17) is 5.73 Å². The number of nitrogens with one attached hydrogen (secondary N) is 1. The maximum absolute atomic E-state index is 12.1. The molecule has 0 fully saturated rings. The van der Waals surface area contributed by atoms with Gasteiger partial charge in [-0.3, -0.25) is 4.79 Å². The van der Waals surface area contributed by atoms with Crippen LogP contribution in [0.25, 0.3) is 0 Å². The number of hydrogen-bond donors (Lipinski definition) is 2. The van der Waals surface area contributed by atoms with Crippen LogP contribution in [0.1, 0.15) is 58.1 Å². The Morgan fingerprint density at radius 3 is 2.50 bits per heavy atom. The maximum Gasteiger partial charge on any atom is 0.241 e. The molecule has 0 radical (unpaired) electrons. The fourth-order valence-electron chi connectivity index (χ4n) is 2.19. The summed E-state index contributed by atoms with van der Waals surface area (Å²) in [5.41, 5.74) is 6.96. The van der Waals surface area contributed by atoms with E-state index in [1.54, 1.807) is 0 Å². The monoisotopic (exact) mass is 276 g/mol. The van der Waals surface area contributed by atoms with Gasteiger partial charge in [0.05, 0.1) is 0 Å². The van der Waals surface area contributed by atoms with Gasteiger partial charge in [0.25, 0.3) is 0 Å². The summed E-state index contributed by atoms with van der Waals surface area (Å²) in [6.07, 6.45) is 4.81. The molecule has 0 bridgehead atoms. The second-order valence-electron chi connectivity index (χ2n) is 6.23. The number of amides is 1. The van der Waals surface area contributed by atoms with Crippen LogP contribution in [0.2, 0.25) is 0 Å². The first-order valence-electron chi connectivity index (χ1n) is 7.54. The molecule has 1 aromatic carbocycles. The van der Waals surface area contributed by atoms with E-state index in [1.165, 1.54) is 19.3 Å². The van der Waals surface area contributed by atoms with Crippen molar-refractivity contribution in [1.82, 2.24) is 5.32 Å². The van der Waals surface area contributed by atoms with Crippen LogP contribution in [0.5, 0.6) is 0 Å². The summed E-state index contributed by atoms with van der Waals surface area (Å²) >= 11 is 0. The largest absolute Gasteiger partial charge is 0.354 e. The summed E-state index contributed by atoms with van der Waals surface area (Å²) in [7, 11) is 0. The van der Waals surface area contributed by atoms with Crippen LogP contribution in [0.4, 0.5) is 0 Å². The number of benzene rings is 1. The lowest BCUT2D eigenvalue weighted by molar-refractivity contribution is -0.122. The van der Waals surface area contributed by atoms with Crippen molar-refractivity contribution in [2.75, 3.05) is 6.54 Å². The van der Waals surface area contributed by atoms with Crippen molar-refractivity contribution in [1.29, 1.82) is 0 Å². The third-order valence-corrected chi connectivity index (χ3v) is 3.64. The molecule has 0 heterocycles. The van der Waals surface area contributed by atoms with Crippen LogP contribution in [0.15, 0.2) is 30.3 Å². The van der Waals surface area contributed by atoms with E-state index >= 15 is 0 Å². The fraction of sp³-hybridized carbons (Fsp3) is 0.588. The zero-order chi connectivity index (χ0) is 15.0. The fourth-order valence-corrected chi connectivity index (χ4v) is 2.19. The van der Waals surface area contributed by atoms with Crippen LogP contribution in [-0.4, -0.2) is 12.5 Å². The average Bonchev–Trinajstić information content (AvgIpc) is 2.45. The normalized spacial score (nSPS) is 13.0. The van der Waals surface area contributed by atoms with Crippen LogP contribution >= 0.6 is 0 Å². The number of carbonyl (C=O) groups excluding carboxylic acids is 1. The standard InChI is InChI=1S/C17H28N2O/c1-4-5-9-12-17(2,3)13-19-16(20)15(18)14-10-7-6-8-11-14/h6-8,10-11,15H,4-5,9,12-13,18H2,1-3H3,(H,19,20). The number of carbonyl (C=O) groups is 1. The third-order valence-electron chi connectivity index (χ3n) is 3.64. The lowest BCUT2D eigenvalue weighted by Crippen LogP contribution is -2.39. The Kier molecular flexibility index (Phi) is 6.73. The summed E-state index contributed by atoms with van der Waals surface area (Å²) in [5.74, 6) is -0.0974. The Balaban J connectivity index is 2.42. The van der Waals surface area contributed by atoms with Gasteiger partial charge in [0, 0.05) is 6.54 Å². The number of hydrogen-bond acceptors (Lipinski definition) is 2. The predicted octanol–water partition coefficient (Wildman–Crippen LogP) is 3.41. The van der Waals surface area contributed by atoms with E-state index in [2.05, 4.69) is 26.1 Å². The molecule has 0 spiro atoms. The van der Waals surface area contributed by atoms with Gasteiger partial charge in [0.1, 0.15) is 6.04 Å². The molecular weight excluding hydrogens is 248 g/mol. The molecule has 0 aliphatic heterocycles. The van der Waals surface area contributed by atoms with Gasteiger partial charge < -0.3 is 11.1 Å². The summed E-state index contributed by atoms with van der Waals surface area (Å²) in [6, 6.07) is 8.91. The second kappa shape index (κ2) is 8.05.